The van der Waals surface area contributed by atoms with E-state index in [-0.39, 0.29) is 4.90 Å². The zero-order chi connectivity index (χ0) is 13.7. The van der Waals surface area contributed by atoms with E-state index in [2.05, 4.69) is 14.8 Å². The van der Waals surface area contributed by atoms with Gasteiger partial charge in [-0.25, -0.2) is 8.42 Å². The Morgan fingerprint density at radius 1 is 1.37 bits per heavy atom. The van der Waals surface area contributed by atoms with Gasteiger partial charge in [0.2, 0.25) is 0 Å². The summed E-state index contributed by atoms with van der Waals surface area (Å²) in [7, 11) is -3.62. The topological polar surface area (TPSA) is 103 Å². The van der Waals surface area contributed by atoms with Crippen LogP contribution in [0, 0.1) is 0 Å². The first kappa shape index (κ1) is 13.5. The number of nitrogens with zero attached hydrogens (tertiary/aromatic N) is 3. The Morgan fingerprint density at radius 2 is 2.21 bits per heavy atom. The van der Waals surface area contributed by atoms with E-state index in [1.165, 1.54) is 18.6 Å². The molecule has 0 aromatic carbocycles. The van der Waals surface area contributed by atoms with Crippen molar-refractivity contribution in [3.05, 3.63) is 36.9 Å². The lowest BCUT2D eigenvalue weighted by atomic mass is 10.4. The summed E-state index contributed by atoms with van der Waals surface area (Å²) in [5.41, 5.74) is 5.81. The van der Waals surface area contributed by atoms with Crippen LogP contribution in [0.5, 0.6) is 0 Å². The Bertz CT molecular complexity index is 624. The molecule has 2 heterocycles. The second-order valence-electron chi connectivity index (χ2n) is 3.93. The number of hydrogen-bond donors (Lipinski definition) is 2. The van der Waals surface area contributed by atoms with Gasteiger partial charge >= 0.3 is 0 Å². The first-order valence-electron chi connectivity index (χ1n) is 5.77. The van der Waals surface area contributed by atoms with Crippen LogP contribution in [0.1, 0.15) is 6.42 Å². The molecule has 3 N–H and O–H groups in total. The second-order valence-corrected chi connectivity index (χ2v) is 5.61. The molecular weight excluding hydrogens is 266 g/mol. The Labute approximate surface area is 111 Å². The Balaban J connectivity index is 2.13. The minimum Gasteiger partial charge on any atom is -0.330 e. The lowest BCUT2D eigenvalue weighted by Gasteiger charge is -2.04. The van der Waals surface area contributed by atoms with Crippen molar-refractivity contribution in [3.63, 3.8) is 0 Å². The zero-order valence-electron chi connectivity index (χ0n) is 10.2. The smallest absolute Gasteiger partial charge is 0.265 e. The standard InChI is InChI=1S/C11H15N5O2S/c12-4-2-6-16-9-11(8-14-16)19(17,18)15-10-3-1-5-13-7-10/h1,3,5,7-9,15H,2,4,6,12H2. The summed E-state index contributed by atoms with van der Waals surface area (Å²) in [6, 6.07) is 3.28. The van der Waals surface area contributed by atoms with Crippen molar-refractivity contribution in [2.75, 3.05) is 11.3 Å². The van der Waals surface area contributed by atoms with E-state index in [0.29, 0.717) is 18.8 Å². The predicted octanol–water partition coefficient (Wildman–Crippen LogP) is 0.428. The van der Waals surface area contributed by atoms with Gasteiger partial charge in [0.15, 0.2) is 0 Å². The van der Waals surface area contributed by atoms with Gasteiger partial charge < -0.3 is 5.73 Å². The molecule has 0 atom stereocenters. The second kappa shape index (κ2) is 5.81. The number of nitrogens with one attached hydrogen (secondary N) is 1. The van der Waals surface area contributed by atoms with Crippen LogP contribution in [0.15, 0.2) is 41.8 Å². The SMILES string of the molecule is NCCCn1cc(S(=O)(=O)Nc2cccnc2)cn1. The predicted molar refractivity (Wildman–Crippen MR) is 70.9 cm³/mol. The minimum atomic E-state index is -3.62. The molecule has 0 radical (unpaired) electrons. The van der Waals surface area contributed by atoms with Crippen LogP contribution in [0.2, 0.25) is 0 Å². The van der Waals surface area contributed by atoms with Crippen molar-refractivity contribution >= 4 is 15.7 Å². The van der Waals surface area contributed by atoms with Gasteiger partial charge in [0.25, 0.3) is 10.0 Å². The molecule has 2 aromatic heterocycles. The summed E-state index contributed by atoms with van der Waals surface area (Å²) in [4.78, 5) is 3.97. The lowest BCUT2D eigenvalue weighted by molar-refractivity contribution is 0.582. The van der Waals surface area contributed by atoms with Gasteiger partial charge in [0.1, 0.15) is 4.90 Å². The zero-order valence-corrected chi connectivity index (χ0v) is 11.0. The minimum absolute atomic E-state index is 0.119. The summed E-state index contributed by atoms with van der Waals surface area (Å²) >= 11 is 0. The molecule has 0 saturated carbocycles. The quantitative estimate of drug-likeness (QED) is 0.799. The number of sulfonamides is 1. The number of aromatic nitrogens is 3. The third-order valence-corrected chi connectivity index (χ3v) is 3.76. The van der Waals surface area contributed by atoms with E-state index >= 15 is 0 Å². The maximum Gasteiger partial charge on any atom is 0.265 e. The van der Waals surface area contributed by atoms with E-state index in [0.717, 1.165) is 6.42 Å². The fraction of sp³-hybridized carbons (Fsp3) is 0.273. The van der Waals surface area contributed by atoms with Crippen LogP contribution < -0.4 is 10.5 Å². The Morgan fingerprint density at radius 3 is 2.89 bits per heavy atom. The molecular formula is C11H15N5O2S. The third-order valence-electron chi connectivity index (χ3n) is 2.42. The molecule has 0 spiro atoms. The molecule has 7 nitrogen and oxygen atoms in total. The summed E-state index contributed by atoms with van der Waals surface area (Å²) in [5.74, 6) is 0. The van der Waals surface area contributed by atoms with Crippen LogP contribution in [-0.4, -0.2) is 29.7 Å². The van der Waals surface area contributed by atoms with Gasteiger partial charge in [-0.2, -0.15) is 5.10 Å². The molecule has 0 aliphatic heterocycles. The van der Waals surface area contributed by atoms with Crippen molar-refractivity contribution in [1.82, 2.24) is 14.8 Å². The summed E-state index contributed by atoms with van der Waals surface area (Å²) in [6.45, 7) is 1.13. The molecule has 0 aliphatic carbocycles. The molecule has 8 heteroatoms. The Kier molecular flexibility index (Phi) is 4.13. The van der Waals surface area contributed by atoms with Crippen molar-refractivity contribution in [1.29, 1.82) is 0 Å². The van der Waals surface area contributed by atoms with Crippen molar-refractivity contribution < 1.29 is 8.42 Å². The van der Waals surface area contributed by atoms with Crippen LogP contribution in [-0.2, 0) is 16.6 Å². The first-order valence-corrected chi connectivity index (χ1v) is 7.25. The van der Waals surface area contributed by atoms with E-state index < -0.39 is 10.0 Å². The molecule has 0 amide bonds. The van der Waals surface area contributed by atoms with Gasteiger partial charge in [-0.05, 0) is 25.1 Å². The van der Waals surface area contributed by atoms with E-state index in [9.17, 15) is 8.42 Å². The number of pyridine rings is 1. The van der Waals surface area contributed by atoms with Crippen molar-refractivity contribution in [2.24, 2.45) is 5.73 Å². The van der Waals surface area contributed by atoms with Crippen LogP contribution in [0.25, 0.3) is 0 Å². The first-order chi connectivity index (χ1) is 9.12. The molecule has 0 aliphatic rings. The third kappa shape index (κ3) is 3.52. The average molecular weight is 281 g/mol. The molecule has 0 unspecified atom stereocenters. The fourth-order valence-electron chi connectivity index (χ4n) is 1.50. The molecule has 19 heavy (non-hydrogen) atoms. The van der Waals surface area contributed by atoms with E-state index in [4.69, 9.17) is 5.73 Å². The maximum absolute atomic E-state index is 12.1. The molecule has 2 aromatic rings. The largest absolute Gasteiger partial charge is 0.330 e. The molecule has 0 saturated heterocycles. The van der Waals surface area contributed by atoms with Crippen molar-refractivity contribution in [3.8, 4) is 0 Å². The highest BCUT2D eigenvalue weighted by Crippen LogP contribution is 2.14. The Hall–Kier alpha value is -1.93. The van der Waals surface area contributed by atoms with Crippen molar-refractivity contribution in [2.45, 2.75) is 17.9 Å². The monoisotopic (exact) mass is 281 g/mol. The number of anilines is 1. The van der Waals surface area contributed by atoms with Gasteiger partial charge in [0.05, 0.1) is 18.1 Å². The van der Waals surface area contributed by atoms with E-state index in [1.54, 1.807) is 23.0 Å². The number of rotatable bonds is 6. The average Bonchev–Trinajstić information content (AvgIpc) is 2.86. The number of aryl methyl sites for hydroxylation is 1. The van der Waals surface area contributed by atoms with Gasteiger partial charge in [-0.15, -0.1) is 0 Å². The van der Waals surface area contributed by atoms with Gasteiger partial charge in [-0.1, -0.05) is 0 Å². The van der Waals surface area contributed by atoms with Gasteiger partial charge in [0, 0.05) is 18.9 Å². The summed E-state index contributed by atoms with van der Waals surface area (Å²) in [6.07, 6.45) is 6.56. The highest BCUT2D eigenvalue weighted by atomic mass is 32.2. The normalized spacial score (nSPS) is 11.4. The fourth-order valence-corrected chi connectivity index (χ4v) is 2.49. The number of hydrogen-bond acceptors (Lipinski definition) is 5. The molecule has 0 bridgehead atoms. The highest BCUT2D eigenvalue weighted by molar-refractivity contribution is 7.92. The maximum atomic E-state index is 12.1. The van der Waals surface area contributed by atoms with E-state index in [1.807, 2.05) is 0 Å². The van der Waals surface area contributed by atoms with Crippen LogP contribution in [0.3, 0.4) is 0 Å². The summed E-state index contributed by atoms with van der Waals surface area (Å²) in [5, 5.41) is 3.99. The van der Waals surface area contributed by atoms with Crippen LogP contribution >= 0.6 is 0 Å². The summed E-state index contributed by atoms with van der Waals surface area (Å²) < 4.78 is 28.1. The molecule has 102 valence electrons. The van der Waals surface area contributed by atoms with Crippen LogP contribution in [0.4, 0.5) is 5.69 Å². The lowest BCUT2D eigenvalue weighted by Crippen LogP contribution is -2.12. The number of nitrogens with two attached hydrogens (primary N) is 1. The molecule has 0 fully saturated rings. The highest BCUT2D eigenvalue weighted by Gasteiger charge is 2.16. The van der Waals surface area contributed by atoms with Gasteiger partial charge in [-0.3, -0.25) is 14.4 Å². The molecule has 2 rings (SSSR count).